The highest BCUT2D eigenvalue weighted by Crippen LogP contribution is 2.27. The van der Waals surface area contributed by atoms with Gasteiger partial charge in [0.1, 0.15) is 23.2 Å². The third-order valence-corrected chi connectivity index (χ3v) is 4.29. The number of nitrogens with one attached hydrogen (secondary N) is 1. The number of aryl methyl sites for hydroxylation is 1. The maximum Gasteiger partial charge on any atom is 0.270 e. The van der Waals surface area contributed by atoms with Crippen molar-refractivity contribution >= 4 is 29.0 Å². The summed E-state index contributed by atoms with van der Waals surface area (Å²) in [6, 6.07) is 14.7. The van der Waals surface area contributed by atoms with Crippen LogP contribution in [0.3, 0.4) is 0 Å². The molecule has 1 heterocycles. The van der Waals surface area contributed by atoms with E-state index in [0.717, 1.165) is 0 Å². The Balaban J connectivity index is 1.82. The molecule has 0 saturated heterocycles. The highest BCUT2D eigenvalue weighted by molar-refractivity contribution is 6.09. The molecule has 0 unspecified atom stereocenters. The van der Waals surface area contributed by atoms with Gasteiger partial charge in [-0.25, -0.2) is 0 Å². The molecule has 3 rings (SSSR count). The van der Waals surface area contributed by atoms with E-state index >= 15 is 0 Å². The third-order valence-electron chi connectivity index (χ3n) is 4.29. The maximum absolute atomic E-state index is 12.5. The summed E-state index contributed by atoms with van der Waals surface area (Å²) in [5.74, 6) is -0.180. The predicted molar refractivity (Wildman–Crippen MR) is 111 cm³/mol. The van der Waals surface area contributed by atoms with Crippen LogP contribution in [-0.2, 0) is 4.79 Å². The first-order chi connectivity index (χ1) is 14.8. The van der Waals surface area contributed by atoms with Crippen molar-refractivity contribution in [3.05, 3.63) is 91.7 Å². The number of furan rings is 1. The zero-order valence-electron chi connectivity index (χ0n) is 16.1. The number of anilines is 1. The lowest BCUT2D eigenvalue weighted by Crippen LogP contribution is -2.14. The minimum absolute atomic E-state index is 0.0958. The van der Waals surface area contributed by atoms with Gasteiger partial charge in [0, 0.05) is 41.6 Å². The first-order valence-corrected chi connectivity index (χ1v) is 8.81. The zero-order chi connectivity index (χ0) is 22.5. The number of nitro benzene ring substituents is 2. The summed E-state index contributed by atoms with van der Waals surface area (Å²) in [7, 11) is 0. The van der Waals surface area contributed by atoms with Crippen molar-refractivity contribution in [2.75, 3.05) is 5.32 Å². The van der Waals surface area contributed by atoms with Crippen LogP contribution in [0.5, 0.6) is 0 Å². The Morgan fingerprint density at radius 2 is 1.77 bits per heavy atom. The highest BCUT2D eigenvalue weighted by Gasteiger charge is 2.15. The largest absolute Gasteiger partial charge is 0.457 e. The summed E-state index contributed by atoms with van der Waals surface area (Å²) < 4.78 is 5.60. The third kappa shape index (κ3) is 4.80. The summed E-state index contributed by atoms with van der Waals surface area (Å²) in [4.78, 5) is 33.1. The number of nitro groups is 2. The second kappa shape index (κ2) is 8.71. The molecule has 0 radical (unpaired) electrons. The number of nitrogens with zero attached hydrogens (tertiary/aromatic N) is 3. The second-order valence-corrected chi connectivity index (χ2v) is 6.39. The summed E-state index contributed by atoms with van der Waals surface area (Å²) >= 11 is 0. The van der Waals surface area contributed by atoms with E-state index in [1.807, 2.05) is 0 Å². The van der Waals surface area contributed by atoms with E-state index in [-0.39, 0.29) is 22.7 Å². The minimum Gasteiger partial charge on any atom is -0.457 e. The van der Waals surface area contributed by atoms with E-state index in [1.54, 1.807) is 25.1 Å². The van der Waals surface area contributed by atoms with Gasteiger partial charge in [-0.2, -0.15) is 5.26 Å². The monoisotopic (exact) mass is 418 g/mol. The smallest absolute Gasteiger partial charge is 0.270 e. The van der Waals surface area contributed by atoms with Gasteiger partial charge in [-0.15, -0.1) is 0 Å². The van der Waals surface area contributed by atoms with Gasteiger partial charge < -0.3 is 9.73 Å². The van der Waals surface area contributed by atoms with Crippen LogP contribution >= 0.6 is 0 Å². The average molecular weight is 418 g/mol. The number of amides is 1. The van der Waals surface area contributed by atoms with Gasteiger partial charge in [-0.1, -0.05) is 12.1 Å². The topological polar surface area (TPSA) is 152 Å². The second-order valence-electron chi connectivity index (χ2n) is 6.39. The van der Waals surface area contributed by atoms with Gasteiger partial charge in [0.25, 0.3) is 17.3 Å². The molecule has 3 aromatic rings. The maximum atomic E-state index is 12.5. The molecule has 0 atom stereocenters. The van der Waals surface area contributed by atoms with Crippen LogP contribution < -0.4 is 5.32 Å². The quantitative estimate of drug-likeness (QED) is 0.265. The SMILES string of the molecule is Cc1cc([N+](=O)[O-])ccc1NC(=O)C(C#N)=Cc1ccc(-c2cccc([N+](=O)[O-])c2)o1. The summed E-state index contributed by atoms with van der Waals surface area (Å²) in [6.45, 7) is 1.59. The molecule has 0 bridgehead atoms. The van der Waals surface area contributed by atoms with E-state index in [2.05, 4.69) is 5.32 Å². The van der Waals surface area contributed by atoms with Crippen molar-refractivity contribution in [2.24, 2.45) is 0 Å². The molecule has 0 aliphatic rings. The molecule has 2 aromatic carbocycles. The standard InChI is InChI=1S/C21H14N4O6/c1-13-9-17(25(29)30)5-7-19(13)23-21(26)15(12-22)11-18-6-8-20(31-18)14-3-2-4-16(10-14)24(27)28/h2-11H,1H3,(H,23,26). The Hall–Kier alpha value is -4.78. The zero-order valence-corrected chi connectivity index (χ0v) is 16.1. The Kier molecular flexibility index (Phi) is 5.88. The van der Waals surface area contributed by atoms with Crippen LogP contribution in [0.4, 0.5) is 17.1 Å². The van der Waals surface area contributed by atoms with Gasteiger partial charge in [-0.3, -0.25) is 25.0 Å². The van der Waals surface area contributed by atoms with Gasteiger partial charge in [0.05, 0.1) is 9.85 Å². The molecule has 1 N–H and O–H groups in total. The van der Waals surface area contributed by atoms with Crippen LogP contribution in [0, 0.1) is 38.5 Å². The first kappa shape index (κ1) is 20.9. The number of nitriles is 1. The van der Waals surface area contributed by atoms with Crippen molar-refractivity contribution in [3.8, 4) is 17.4 Å². The van der Waals surface area contributed by atoms with E-state index in [9.17, 15) is 30.3 Å². The number of hydrogen-bond acceptors (Lipinski definition) is 7. The van der Waals surface area contributed by atoms with E-state index < -0.39 is 15.8 Å². The predicted octanol–water partition coefficient (Wildman–Crippen LogP) is 4.62. The van der Waals surface area contributed by atoms with Crippen LogP contribution in [-0.4, -0.2) is 15.8 Å². The summed E-state index contributed by atoms with van der Waals surface area (Å²) in [5.41, 5.74) is 0.799. The molecule has 10 nitrogen and oxygen atoms in total. The highest BCUT2D eigenvalue weighted by atomic mass is 16.6. The van der Waals surface area contributed by atoms with Gasteiger partial charge in [-0.05, 0) is 30.7 Å². The van der Waals surface area contributed by atoms with Crippen molar-refractivity contribution in [3.63, 3.8) is 0 Å². The fourth-order valence-electron chi connectivity index (χ4n) is 2.74. The minimum atomic E-state index is -0.715. The van der Waals surface area contributed by atoms with E-state index in [1.165, 1.54) is 48.5 Å². The molecule has 0 saturated carbocycles. The lowest BCUT2D eigenvalue weighted by atomic mass is 10.1. The number of carbonyl (C=O) groups excluding carboxylic acids is 1. The molecule has 1 aromatic heterocycles. The Bertz CT molecular complexity index is 1270. The average Bonchev–Trinajstić information content (AvgIpc) is 3.22. The molecule has 0 aliphatic heterocycles. The van der Waals surface area contributed by atoms with Crippen molar-refractivity contribution < 1.29 is 19.1 Å². The Labute approximate surface area is 175 Å². The number of rotatable bonds is 6. The number of non-ortho nitro benzene ring substituents is 2. The lowest BCUT2D eigenvalue weighted by Gasteiger charge is -2.07. The van der Waals surface area contributed by atoms with Crippen molar-refractivity contribution in [2.45, 2.75) is 6.92 Å². The van der Waals surface area contributed by atoms with Crippen molar-refractivity contribution in [1.82, 2.24) is 0 Å². The normalized spacial score (nSPS) is 10.9. The molecule has 1 amide bonds. The molecular weight excluding hydrogens is 404 g/mol. The summed E-state index contributed by atoms with van der Waals surface area (Å²) in [5, 5.41) is 33.6. The fourth-order valence-corrected chi connectivity index (χ4v) is 2.74. The van der Waals surface area contributed by atoms with Crippen molar-refractivity contribution in [1.29, 1.82) is 5.26 Å². The van der Waals surface area contributed by atoms with Crippen LogP contribution in [0.1, 0.15) is 11.3 Å². The number of hydrogen-bond donors (Lipinski definition) is 1. The molecule has 10 heteroatoms. The van der Waals surface area contributed by atoms with Gasteiger partial charge in [0.2, 0.25) is 0 Å². The fraction of sp³-hybridized carbons (Fsp3) is 0.0476. The Morgan fingerprint density at radius 1 is 1.06 bits per heavy atom. The van der Waals surface area contributed by atoms with E-state index in [4.69, 9.17) is 4.42 Å². The van der Waals surface area contributed by atoms with Gasteiger partial charge in [0.15, 0.2) is 0 Å². The molecule has 31 heavy (non-hydrogen) atoms. The lowest BCUT2D eigenvalue weighted by molar-refractivity contribution is -0.385. The van der Waals surface area contributed by atoms with Crippen LogP contribution in [0.25, 0.3) is 17.4 Å². The molecule has 154 valence electrons. The Morgan fingerprint density at radius 3 is 2.42 bits per heavy atom. The van der Waals surface area contributed by atoms with E-state index in [0.29, 0.717) is 22.6 Å². The molecule has 0 spiro atoms. The molecule has 0 fully saturated rings. The van der Waals surface area contributed by atoms with Crippen LogP contribution in [0.15, 0.2) is 64.6 Å². The van der Waals surface area contributed by atoms with Crippen LogP contribution in [0.2, 0.25) is 0 Å². The number of benzene rings is 2. The first-order valence-electron chi connectivity index (χ1n) is 8.81. The van der Waals surface area contributed by atoms with Gasteiger partial charge >= 0.3 is 0 Å². The molecular formula is C21H14N4O6. The summed E-state index contributed by atoms with van der Waals surface area (Å²) in [6.07, 6.45) is 1.23. The number of carbonyl (C=O) groups is 1. The molecule has 0 aliphatic carbocycles.